The third kappa shape index (κ3) is 2.99. The predicted octanol–water partition coefficient (Wildman–Crippen LogP) is 4.98. The van der Waals surface area contributed by atoms with Crippen molar-refractivity contribution < 1.29 is 9.84 Å². The van der Waals surface area contributed by atoms with Crippen molar-refractivity contribution in [3.63, 3.8) is 0 Å². The van der Waals surface area contributed by atoms with Crippen molar-refractivity contribution in [1.82, 2.24) is 0 Å². The van der Waals surface area contributed by atoms with Gasteiger partial charge in [0.25, 0.3) is 0 Å². The molecule has 1 spiro atoms. The first kappa shape index (κ1) is 15.0. The molecule has 2 fully saturated rings. The van der Waals surface area contributed by atoms with Gasteiger partial charge >= 0.3 is 0 Å². The fourth-order valence-corrected chi connectivity index (χ4v) is 5.38. The molecule has 1 aromatic heterocycles. The van der Waals surface area contributed by atoms with Crippen molar-refractivity contribution in [2.24, 2.45) is 5.92 Å². The van der Waals surface area contributed by atoms with E-state index in [0.29, 0.717) is 5.92 Å². The monoisotopic (exact) mass is 358 g/mol. The van der Waals surface area contributed by atoms with E-state index in [1.807, 2.05) is 0 Å². The van der Waals surface area contributed by atoms with Gasteiger partial charge in [-0.15, -0.1) is 11.3 Å². The maximum absolute atomic E-state index is 10.7. The summed E-state index contributed by atoms with van der Waals surface area (Å²) in [6, 6.07) is 2.09. The summed E-state index contributed by atoms with van der Waals surface area (Å²) >= 11 is 5.27. The van der Waals surface area contributed by atoms with E-state index >= 15 is 0 Å². The molecule has 0 aromatic carbocycles. The highest BCUT2D eigenvalue weighted by molar-refractivity contribution is 9.10. The zero-order valence-corrected chi connectivity index (χ0v) is 14.4. The van der Waals surface area contributed by atoms with Gasteiger partial charge in [0.2, 0.25) is 0 Å². The SMILES string of the molecule is Cc1sc(C(O)C2CCOC3(CCCCC3)C2)cc1Br. The highest BCUT2D eigenvalue weighted by Gasteiger charge is 2.41. The van der Waals surface area contributed by atoms with E-state index < -0.39 is 0 Å². The average Bonchev–Trinajstić information content (AvgIpc) is 2.79. The van der Waals surface area contributed by atoms with E-state index in [0.717, 1.165) is 28.8 Å². The Morgan fingerprint density at radius 3 is 2.80 bits per heavy atom. The topological polar surface area (TPSA) is 29.5 Å². The lowest BCUT2D eigenvalue weighted by molar-refractivity contribution is -0.133. The normalized spacial score (nSPS) is 27.6. The molecule has 3 rings (SSSR count). The van der Waals surface area contributed by atoms with Crippen LogP contribution < -0.4 is 0 Å². The Hall–Kier alpha value is 0.100. The van der Waals surface area contributed by atoms with E-state index in [4.69, 9.17) is 4.74 Å². The molecule has 1 saturated carbocycles. The molecule has 2 aliphatic rings. The quantitative estimate of drug-likeness (QED) is 0.807. The molecule has 1 aliphatic carbocycles. The number of hydrogen-bond acceptors (Lipinski definition) is 3. The average molecular weight is 359 g/mol. The Balaban J connectivity index is 1.72. The van der Waals surface area contributed by atoms with E-state index in [9.17, 15) is 5.11 Å². The van der Waals surface area contributed by atoms with E-state index in [1.165, 1.54) is 37.0 Å². The minimum absolute atomic E-state index is 0.0751. The van der Waals surface area contributed by atoms with Crippen LogP contribution >= 0.6 is 27.3 Å². The second kappa shape index (κ2) is 6.07. The van der Waals surface area contributed by atoms with Gasteiger partial charge in [-0.25, -0.2) is 0 Å². The molecule has 112 valence electrons. The first-order chi connectivity index (χ1) is 9.60. The summed E-state index contributed by atoms with van der Waals surface area (Å²) in [6.45, 7) is 2.91. The first-order valence-corrected chi connectivity index (χ1v) is 9.28. The molecule has 2 heterocycles. The zero-order valence-electron chi connectivity index (χ0n) is 12.0. The molecule has 0 bridgehead atoms. The highest BCUT2D eigenvalue weighted by Crippen LogP contribution is 2.45. The number of ether oxygens (including phenoxy) is 1. The molecule has 2 unspecified atom stereocenters. The third-order valence-electron chi connectivity index (χ3n) is 4.91. The minimum Gasteiger partial charge on any atom is -0.387 e. The van der Waals surface area contributed by atoms with Crippen molar-refractivity contribution in [3.05, 3.63) is 20.3 Å². The highest BCUT2D eigenvalue weighted by atomic mass is 79.9. The summed E-state index contributed by atoms with van der Waals surface area (Å²) in [6.07, 6.45) is 7.97. The van der Waals surface area contributed by atoms with Crippen LogP contribution in [0.2, 0.25) is 0 Å². The fraction of sp³-hybridized carbons (Fsp3) is 0.750. The number of thiophene rings is 1. The molecule has 20 heavy (non-hydrogen) atoms. The molecule has 0 amide bonds. The van der Waals surface area contributed by atoms with Gasteiger partial charge in [0.1, 0.15) is 0 Å². The largest absolute Gasteiger partial charge is 0.387 e. The van der Waals surface area contributed by atoms with E-state index in [2.05, 4.69) is 28.9 Å². The lowest BCUT2D eigenvalue weighted by Gasteiger charge is -2.44. The maximum atomic E-state index is 10.7. The lowest BCUT2D eigenvalue weighted by Crippen LogP contribution is -2.42. The number of aryl methyl sites for hydroxylation is 1. The van der Waals surface area contributed by atoms with E-state index in [-0.39, 0.29) is 11.7 Å². The third-order valence-corrected chi connectivity index (χ3v) is 7.12. The number of halogens is 1. The zero-order chi connectivity index (χ0) is 14.2. The van der Waals surface area contributed by atoms with Crippen LogP contribution in [0.15, 0.2) is 10.5 Å². The molecule has 2 nitrogen and oxygen atoms in total. The van der Waals surface area contributed by atoms with Gasteiger partial charge in [-0.1, -0.05) is 19.3 Å². The smallest absolute Gasteiger partial charge is 0.0912 e. The molecule has 0 radical (unpaired) electrons. The number of hydrogen-bond donors (Lipinski definition) is 1. The standard InChI is InChI=1S/C16H23BrO2S/c1-11-13(17)9-14(20-11)15(18)12-5-8-19-16(10-12)6-3-2-4-7-16/h9,12,15,18H,2-8,10H2,1H3. The van der Waals surface area contributed by atoms with Gasteiger partial charge in [0, 0.05) is 20.8 Å². The van der Waals surface area contributed by atoms with Gasteiger partial charge in [0.15, 0.2) is 0 Å². The summed E-state index contributed by atoms with van der Waals surface area (Å²) in [4.78, 5) is 2.35. The Kier molecular flexibility index (Phi) is 4.56. The van der Waals surface area contributed by atoms with Gasteiger partial charge in [0.05, 0.1) is 11.7 Å². The van der Waals surface area contributed by atoms with Crippen molar-refractivity contribution >= 4 is 27.3 Å². The Labute approximate surface area is 133 Å². The maximum Gasteiger partial charge on any atom is 0.0912 e. The van der Waals surface area contributed by atoms with Gasteiger partial charge in [-0.05, 0) is 60.5 Å². The summed E-state index contributed by atoms with van der Waals surface area (Å²) in [7, 11) is 0. The summed E-state index contributed by atoms with van der Waals surface area (Å²) in [5.74, 6) is 0.354. The van der Waals surface area contributed by atoms with Crippen molar-refractivity contribution in [2.45, 2.75) is 63.6 Å². The van der Waals surface area contributed by atoms with Crippen LogP contribution in [0.25, 0.3) is 0 Å². The van der Waals surface area contributed by atoms with Crippen molar-refractivity contribution in [1.29, 1.82) is 0 Å². The summed E-state index contributed by atoms with van der Waals surface area (Å²) in [5, 5.41) is 10.7. The molecule has 1 N–H and O–H groups in total. The Morgan fingerprint density at radius 2 is 2.15 bits per heavy atom. The van der Waals surface area contributed by atoms with Crippen LogP contribution in [0.3, 0.4) is 0 Å². The lowest BCUT2D eigenvalue weighted by atomic mass is 9.74. The molecular weight excluding hydrogens is 336 g/mol. The predicted molar refractivity (Wildman–Crippen MR) is 86.2 cm³/mol. The molecule has 1 saturated heterocycles. The first-order valence-electron chi connectivity index (χ1n) is 7.67. The molecule has 1 aliphatic heterocycles. The van der Waals surface area contributed by atoms with Crippen LogP contribution in [-0.4, -0.2) is 17.3 Å². The van der Waals surface area contributed by atoms with Crippen LogP contribution in [0.5, 0.6) is 0 Å². The molecule has 4 heteroatoms. The van der Waals surface area contributed by atoms with Gasteiger partial charge < -0.3 is 9.84 Å². The van der Waals surface area contributed by atoms with Gasteiger partial charge in [-0.3, -0.25) is 0 Å². The Bertz CT molecular complexity index is 440. The van der Waals surface area contributed by atoms with Crippen molar-refractivity contribution in [3.8, 4) is 0 Å². The fourth-order valence-electron chi connectivity index (χ4n) is 3.74. The minimum atomic E-state index is -0.326. The number of rotatable bonds is 2. The van der Waals surface area contributed by atoms with E-state index in [1.54, 1.807) is 11.3 Å². The number of aliphatic hydroxyl groups is 1. The summed E-state index contributed by atoms with van der Waals surface area (Å²) < 4.78 is 7.26. The molecule has 1 aromatic rings. The van der Waals surface area contributed by atoms with Gasteiger partial charge in [-0.2, -0.15) is 0 Å². The molecule has 2 atom stereocenters. The summed E-state index contributed by atoms with van der Waals surface area (Å²) in [5.41, 5.74) is 0.0751. The Morgan fingerprint density at radius 1 is 1.40 bits per heavy atom. The number of aliphatic hydroxyl groups excluding tert-OH is 1. The van der Waals surface area contributed by atoms with Crippen LogP contribution in [-0.2, 0) is 4.74 Å². The van der Waals surface area contributed by atoms with Crippen molar-refractivity contribution in [2.75, 3.05) is 6.61 Å². The van der Waals surface area contributed by atoms with Crippen LogP contribution in [0.4, 0.5) is 0 Å². The molecular formula is C16H23BrO2S. The second-order valence-electron chi connectivity index (χ2n) is 6.34. The van der Waals surface area contributed by atoms with Crippen LogP contribution in [0, 0.1) is 12.8 Å². The second-order valence-corrected chi connectivity index (χ2v) is 8.48. The van der Waals surface area contributed by atoms with Crippen LogP contribution in [0.1, 0.15) is 60.8 Å².